The lowest BCUT2D eigenvalue weighted by Gasteiger charge is -2.33. The average Bonchev–Trinajstić information content (AvgIpc) is 2.59. The fourth-order valence-corrected chi connectivity index (χ4v) is 2.49. The van der Waals surface area contributed by atoms with Crippen molar-refractivity contribution in [3.8, 4) is 5.75 Å². The van der Waals surface area contributed by atoms with Crippen LogP contribution in [0.1, 0.15) is 12.5 Å². The molecule has 1 aromatic heterocycles. The average molecular weight is 343 g/mol. The summed E-state index contributed by atoms with van der Waals surface area (Å²) in [6.07, 6.45) is 1.29. The Bertz CT molecular complexity index is 659. The Labute approximate surface area is 149 Å². The van der Waals surface area contributed by atoms with Crippen molar-refractivity contribution in [2.75, 3.05) is 32.6 Å². The van der Waals surface area contributed by atoms with Crippen molar-refractivity contribution < 1.29 is 14.3 Å². The van der Waals surface area contributed by atoms with E-state index in [0.29, 0.717) is 13.1 Å². The standard InChI is InChI=1S/C19H25N3O3/c1-15(23)25-19(14-21(2)3)22(18-7-5-6-12-20-18)13-16-8-10-17(24-4)11-9-16/h5-12,19H,13-14H2,1-4H3. The van der Waals surface area contributed by atoms with Crippen molar-refractivity contribution in [1.29, 1.82) is 0 Å². The van der Waals surface area contributed by atoms with Crippen molar-refractivity contribution >= 4 is 11.8 Å². The van der Waals surface area contributed by atoms with Gasteiger partial charge in [-0.2, -0.15) is 0 Å². The number of carbonyl (C=O) groups excluding carboxylic acids is 1. The molecule has 134 valence electrons. The van der Waals surface area contributed by atoms with E-state index in [9.17, 15) is 4.79 Å². The number of pyridine rings is 1. The molecule has 1 atom stereocenters. The Morgan fingerprint density at radius 1 is 1.16 bits per heavy atom. The number of benzene rings is 1. The minimum Gasteiger partial charge on any atom is -0.497 e. The Hall–Kier alpha value is -2.60. The van der Waals surface area contributed by atoms with E-state index in [0.717, 1.165) is 17.1 Å². The number of anilines is 1. The predicted octanol–water partition coefficient (Wildman–Crippen LogP) is 2.55. The van der Waals surface area contributed by atoms with E-state index in [-0.39, 0.29) is 5.97 Å². The first kappa shape index (κ1) is 18.7. The molecule has 0 aliphatic rings. The SMILES string of the molecule is COc1ccc(CN(c2ccccn2)C(CN(C)C)OC(C)=O)cc1. The molecule has 1 unspecified atom stereocenters. The molecule has 2 aromatic rings. The third-order valence-electron chi connectivity index (χ3n) is 3.63. The van der Waals surface area contributed by atoms with E-state index in [1.807, 2.05) is 66.4 Å². The first-order valence-electron chi connectivity index (χ1n) is 8.12. The van der Waals surface area contributed by atoms with Crippen LogP contribution in [0.2, 0.25) is 0 Å². The number of esters is 1. The van der Waals surface area contributed by atoms with Crippen molar-refractivity contribution in [3.05, 3.63) is 54.2 Å². The van der Waals surface area contributed by atoms with Gasteiger partial charge in [0.1, 0.15) is 11.6 Å². The van der Waals surface area contributed by atoms with Crippen molar-refractivity contribution in [1.82, 2.24) is 9.88 Å². The number of aromatic nitrogens is 1. The van der Waals surface area contributed by atoms with E-state index in [4.69, 9.17) is 9.47 Å². The van der Waals surface area contributed by atoms with Crippen LogP contribution in [0.3, 0.4) is 0 Å². The third-order valence-corrected chi connectivity index (χ3v) is 3.63. The summed E-state index contributed by atoms with van der Waals surface area (Å²) in [6, 6.07) is 13.5. The van der Waals surface area contributed by atoms with E-state index in [2.05, 4.69) is 4.98 Å². The molecule has 0 spiro atoms. The Kier molecular flexibility index (Phi) is 6.77. The molecule has 0 amide bonds. The molecule has 0 N–H and O–H groups in total. The van der Waals surface area contributed by atoms with Gasteiger partial charge >= 0.3 is 5.97 Å². The number of methoxy groups -OCH3 is 1. The van der Waals surface area contributed by atoms with Crippen LogP contribution in [0.4, 0.5) is 5.82 Å². The van der Waals surface area contributed by atoms with E-state index >= 15 is 0 Å². The summed E-state index contributed by atoms with van der Waals surface area (Å²) in [4.78, 5) is 20.0. The number of hydrogen-bond acceptors (Lipinski definition) is 6. The number of ether oxygens (including phenoxy) is 2. The molecule has 1 heterocycles. The number of likely N-dealkylation sites (N-methyl/N-ethyl adjacent to an activating group) is 1. The number of carbonyl (C=O) groups is 1. The molecule has 0 radical (unpaired) electrons. The summed E-state index contributed by atoms with van der Waals surface area (Å²) in [6.45, 7) is 2.55. The minimum atomic E-state index is -0.440. The number of rotatable bonds is 8. The Morgan fingerprint density at radius 2 is 1.88 bits per heavy atom. The topological polar surface area (TPSA) is 54.9 Å². The van der Waals surface area contributed by atoms with Crippen LogP contribution in [0.25, 0.3) is 0 Å². The van der Waals surface area contributed by atoms with E-state index in [1.54, 1.807) is 13.3 Å². The largest absolute Gasteiger partial charge is 0.497 e. The highest BCUT2D eigenvalue weighted by molar-refractivity contribution is 5.66. The predicted molar refractivity (Wildman–Crippen MR) is 97.5 cm³/mol. The van der Waals surface area contributed by atoms with E-state index in [1.165, 1.54) is 6.92 Å². The van der Waals surface area contributed by atoms with Crippen LogP contribution < -0.4 is 9.64 Å². The summed E-state index contributed by atoms with van der Waals surface area (Å²) in [7, 11) is 5.53. The summed E-state index contributed by atoms with van der Waals surface area (Å²) in [5.41, 5.74) is 1.07. The molecule has 0 fully saturated rings. The van der Waals surface area contributed by atoms with Gasteiger partial charge in [-0.15, -0.1) is 0 Å². The van der Waals surface area contributed by atoms with Crippen LogP contribution in [0, 0.1) is 0 Å². The zero-order valence-corrected chi connectivity index (χ0v) is 15.2. The molecule has 0 bridgehead atoms. The quantitative estimate of drug-likeness (QED) is 0.542. The van der Waals surface area contributed by atoms with Crippen LogP contribution in [0.5, 0.6) is 5.75 Å². The maximum atomic E-state index is 11.6. The monoisotopic (exact) mass is 343 g/mol. The molecule has 25 heavy (non-hydrogen) atoms. The first-order valence-corrected chi connectivity index (χ1v) is 8.12. The van der Waals surface area contributed by atoms with Crippen LogP contribution in [0.15, 0.2) is 48.7 Å². The van der Waals surface area contributed by atoms with E-state index < -0.39 is 6.23 Å². The molecule has 2 rings (SSSR count). The summed E-state index contributed by atoms with van der Waals surface area (Å²) in [5.74, 6) is 1.24. The fourth-order valence-electron chi connectivity index (χ4n) is 2.49. The highest BCUT2D eigenvalue weighted by atomic mass is 16.6. The zero-order valence-electron chi connectivity index (χ0n) is 15.2. The molecular weight excluding hydrogens is 318 g/mol. The minimum absolute atomic E-state index is 0.317. The maximum absolute atomic E-state index is 11.6. The molecular formula is C19H25N3O3. The summed E-state index contributed by atoms with van der Waals surface area (Å²) in [5, 5.41) is 0. The normalized spacial score (nSPS) is 11.9. The summed E-state index contributed by atoms with van der Waals surface area (Å²) < 4.78 is 10.8. The molecule has 0 aliphatic heterocycles. The highest BCUT2D eigenvalue weighted by Gasteiger charge is 2.23. The fraction of sp³-hybridized carbons (Fsp3) is 0.368. The molecule has 0 aliphatic carbocycles. The van der Waals surface area contributed by atoms with Gasteiger partial charge in [0.05, 0.1) is 13.7 Å². The third kappa shape index (κ3) is 5.76. The second-order valence-corrected chi connectivity index (χ2v) is 5.99. The molecule has 0 saturated heterocycles. The van der Waals surface area contributed by atoms with Gasteiger partial charge < -0.3 is 19.3 Å². The van der Waals surface area contributed by atoms with Gasteiger partial charge in [0.15, 0.2) is 6.23 Å². The highest BCUT2D eigenvalue weighted by Crippen LogP contribution is 2.20. The lowest BCUT2D eigenvalue weighted by Crippen LogP contribution is -2.45. The van der Waals surface area contributed by atoms with Crippen LogP contribution in [-0.2, 0) is 16.1 Å². The second kappa shape index (κ2) is 9.03. The summed E-state index contributed by atoms with van der Waals surface area (Å²) >= 11 is 0. The van der Waals surface area contributed by atoms with Gasteiger partial charge in [-0.3, -0.25) is 4.79 Å². The van der Waals surface area contributed by atoms with Crippen LogP contribution in [-0.4, -0.2) is 49.8 Å². The van der Waals surface area contributed by atoms with Crippen molar-refractivity contribution in [2.24, 2.45) is 0 Å². The maximum Gasteiger partial charge on any atom is 0.304 e. The van der Waals surface area contributed by atoms with Gasteiger partial charge in [-0.05, 0) is 43.9 Å². The molecule has 1 aromatic carbocycles. The van der Waals surface area contributed by atoms with Crippen LogP contribution >= 0.6 is 0 Å². The lowest BCUT2D eigenvalue weighted by molar-refractivity contribution is -0.147. The van der Waals surface area contributed by atoms with Gasteiger partial charge in [0.25, 0.3) is 0 Å². The molecule has 6 heteroatoms. The molecule has 6 nitrogen and oxygen atoms in total. The van der Waals surface area contributed by atoms with Crippen molar-refractivity contribution in [3.63, 3.8) is 0 Å². The smallest absolute Gasteiger partial charge is 0.304 e. The van der Waals surface area contributed by atoms with Gasteiger partial charge in [-0.25, -0.2) is 4.98 Å². The Balaban J connectivity index is 2.31. The van der Waals surface area contributed by atoms with Gasteiger partial charge in [0, 0.05) is 19.7 Å². The second-order valence-electron chi connectivity index (χ2n) is 5.99. The first-order chi connectivity index (χ1) is 12.0. The molecule has 0 saturated carbocycles. The number of nitrogens with zero attached hydrogens (tertiary/aromatic N) is 3. The van der Waals surface area contributed by atoms with Crippen molar-refractivity contribution in [2.45, 2.75) is 19.7 Å². The van der Waals surface area contributed by atoms with Gasteiger partial charge in [0.2, 0.25) is 0 Å². The lowest BCUT2D eigenvalue weighted by atomic mass is 10.2. The number of hydrogen-bond donors (Lipinski definition) is 0. The zero-order chi connectivity index (χ0) is 18.2. The Morgan fingerprint density at radius 3 is 2.40 bits per heavy atom. The van der Waals surface area contributed by atoms with Gasteiger partial charge in [-0.1, -0.05) is 18.2 Å².